The number of benzene rings is 8. The molecular weight excluding hydrogens is 804 g/mol. The van der Waals surface area contributed by atoms with Gasteiger partial charge in [-0.15, -0.1) is 68.7 Å². The number of aryl methyl sites for hydroxylation is 1. The minimum atomic E-state index is -0.455. The summed E-state index contributed by atoms with van der Waals surface area (Å²) in [5.74, 6) is 0. The quantitative estimate of drug-likeness (QED) is 0.0943. The van der Waals surface area contributed by atoms with Crippen LogP contribution in [0, 0.1) is 6.92 Å². The zero-order valence-electron chi connectivity index (χ0n) is 35.4. The van der Waals surface area contributed by atoms with E-state index in [1.165, 1.54) is 92.1 Å². The molecule has 0 nitrogen and oxygen atoms in total. The van der Waals surface area contributed by atoms with Gasteiger partial charge in [-0.3, -0.25) is 0 Å². The molecule has 288 valence electrons. The van der Waals surface area contributed by atoms with E-state index in [4.69, 9.17) is 0 Å². The van der Waals surface area contributed by atoms with Gasteiger partial charge in [-0.2, -0.15) is 11.6 Å². The topological polar surface area (TPSA) is 0 Å². The van der Waals surface area contributed by atoms with E-state index in [1.807, 2.05) is 0 Å². The Morgan fingerprint density at radius 3 is 1.51 bits per heavy atom. The fourth-order valence-electron chi connectivity index (χ4n) is 8.28. The SMILES string of the molecule is CC(C)(C)c1ccc2c(c1)[cH-]c1cc(C(C)(C)C)ccc12.Cc1c[cH-]c2cccc(-c3cc4ccccc4c4ccccc34)c12.[Zr+2]=[Si](c1ccccc1)c1ccccc1. The molecule has 0 aliphatic heterocycles. The number of rotatable bonds is 3. The number of hydrogen-bond acceptors (Lipinski definition) is 0. The van der Waals surface area contributed by atoms with Crippen LogP contribution in [-0.4, -0.2) is 5.43 Å². The van der Waals surface area contributed by atoms with Gasteiger partial charge in [0.2, 0.25) is 0 Å². The average Bonchev–Trinajstić information content (AvgIpc) is 3.83. The summed E-state index contributed by atoms with van der Waals surface area (Å²) in [6, 6.07) is 68.7. The fourth-order valence-corrected chi connectivity index (χ4v) is 12.1. The normalized spacial score (nSPS) is 11.7. The van der Waals surface area contributed by atoms with Crippen LogP contribution in [0.1, 0.15) is 58.2 Å². The first kappa shape index (κ1) is 40.6. The molecule has 0 radical (unpaired) electrons. The van der Waals surface area contributed by atoms with Crippen molar-refractivity contribution in [2.75, 3.05) is 0 Å². The van der Waals surface area contributed by atoms with Crippen molar-refractivity contribution in [3.05, 3.63) is 205 Å². The molecule has 0 atom stereocenters. The standard InChI is InChI=1S/C24H17.C21H25.C12H10Si.Zr/c1-16-13-14-17-8-6-12-22(24(16)17)23-15-18-7-2-3-9-19(18)20-10-4-5-11-21(20)23;1-20(2,3)16-7-9-18-14(12-16)11-15-13-17(21(4,5)6)8-10-19(15)18;1-3-7-11(8-4-1)13-12-9-5-2-6-10-12;/h2-15H,1H3;7-13H,1-6H3;1-10H;/q2*-1;;+2. The maximum absolute atomic E-state index is 2.35. The predicted octanol–water partition coefficient (Wildman–Crippen LogP) is 14.5. The van der Waals surface area contributed by atoms with Gasteiger partial charge in [-0.05, 0) is 44.0 Å². The van der Waals surface area contributed by atoms with Gasteiger partial charge < -0.3 is 0 Å². The Hall–Kier alpha value is -5.14. The van der Waals surface area contributed by atoms with Crippen molar-refractivity contribution < 1.29 is 23.3 Å². The van der Waals surface area contributed by atoms with Crippen molar-refractivity contribution in [1.82, 2.24) is 0 Å². The van der Waals surface area contributed by atoms with Crippen molar-refractivity contribution in [3.63, 3.8) is 0 Å². The molecule has 0 unspecified atom stereocenters. The summed E-state index contributed by atoms with van der Waals surface area (Å²) in [5, 5.41) is 16.5. The summed E-state index contributed by atoms with van der Waals surface area (Å²) in [4.78, 5) is 0. The Morgan fingerprint density at radius 1 is 0.441 bits per heavy atom. The molecule has 10 aromatic carbocycles. The van der Waals surface area contributed by atoms with Crippen molar-refractivity contribution in [2.45, 2.75) is 59.3 Å². The third-order valence-electron chi connectivity index (χ3n) is 11.6. The van der Waals surface area contributed by atoms with Gasteiger partial charge in [0.1, 0.15) is 0 Å². The van der Waals surface area contributed by atoms with Crippen molar-refractivity contribution in [2.24, 2.45) is 0 Å². The van der Waals surface area contributed by atoms with Crippen molar-refractivity contribution >= 4 is 69.7 Å². The van der Waals surface area contributed by atoms with Crippen LogP contribution in [0.5, 0.6) is 0 Å². The van der Waals surface area contributed by atoms with E-state index < -0.39 is 5.43 Å². The summed E-state index contributed by atoms with van der Waals surface area (Å²) < 4.78 is 0. The molecule has 0 saturated heterocycles. The second-order valence-corrected chi connectivity index (χ2v) is 23.4. The van der Waals surface area contributed by atoms with Gasteiger partial charge in [-0.1, -0.05) is 144 Å². The van der Waals surface area contributed by atoms with Crippen LogP contribution in [0.2, 0.25) is 0 Å². The Morgan fingerprint density at radius 2 is 0.949 bits per heavy atom. The Balaban J connectivity index is 0.000000127. The molecule has 0 aromatic heterocycles. The van der Waals surface area contributed by atoms with Crippen LogP contribution >= 0.6 is 0 Å². The van der Waals surface area contributed by atoms with E-state index in [2.05, 4.69) is 237 Å². The molecule has 0 bridgehead atoms. The summed E-state index contributed by atoms with van der Waals surface area (Å²) in [6.07, 6.45) is 0. The van der Waals surface area contributed by atoms with E-state index in [1.54, 1.807) is 23.3 Å². The molecule has 0 heterocycles. The number of hydrogen-bond donors (Lipinski definition) is 0. The molecule has 0 saturated carbocycles. The molecule has 0 aliphatic carbocycles. The molecule has 0 aliphatic rings. The fraction of sp³-hybridized carbons (Fsp3) is 0.158. The molecule has 59 heavy (non-hydrogen) atoms. The third-order valence-corrected chi connectivity index (χ3v) is 17.7. The minimum absolute atomic E-state index is 0.203. The van der Waals surface area contributed by atoms with Crippen LogP contribution < -0.4 is 10.4 Å². The van der Waals surface area contributed by atoms with E-state index in [0.717, 1.165) is 0 Å². The van der Waals surface area contributed by atoms with E-state index in [0.29, 0.717) is 0 Å². The molecular formula is C57H52SiZr. The van der Waals surface area contributed by atoms with E-state index in [-0.39, 0.29) is 10.8 Å². The van der Waals surface area contributed by atoms with Crippen LogP contribution in [0.4, 0.5) is 0 Å². The van der Waals surface area contributed by atoms with E-state index in [9.17, 15) is 0 Å². The molecule has 2 heteroatoms. The van der Waals surface area contributed by atoms with Gasteiger partial charge in [0.25, 0.3) is 0 Å². The van der Waals surface area contributed by atoms with Crippen LogP contribution in [0.25, 0.3) is 65.0 Å². The molecule has 0 amide bonds. The first-order valence-corrected chi connectivity index (χ1v) is 25.9. The molecule has 0 fully saturated rings. The predicted molar refractivity (Wildman–Crippen MR) is 257 cm³/mol. The van der Waals surface area contributed by atoms with Gasteiger partial charge >= 0.3 is 99.8 Å². The van der Waals surface area contributed by atoms with Gasteiger partial charge in [0.05, 0.1) is 0 Å². The Kier molecular flexibility index (Phi) is 11.6. The number of fused-ring (bicyclic) bond motifs is 7. The van der Waals surface area contributed by atoms with Gasteiger partial charge in [0, 0.05) is 0 Å². The van der Waals surface area contributed by atoms with Gasteiger partial charge in [-0.25, -0.2) is 0 Å². The zero-order valence-corrected chi connectivity index (χ0v) is 38.9. The summed E-state index contributed by atoms with van der Waals surface area (Å²) in [5.41, 5.74) is 6.76. The van der Waals surface area contributed by atoms with Crippen LogP contribution in [-0.2, 0) is 34.2 Å². The Labute approximate surface area is 365 Å². The van der Waals surface area contributed by atoms with Crippen LogP contribution in [0.15, 0.2) is 188 Å². The molecule has 10 aromatic rings. The summed E-state index contributed by atoms with van der Waals surface area (Å²) in [7, 11) is 0. The summed E-state index contributed by atoms with van der Waals surface area (Å²) in [6.45, 7) is 15.8. The third kappa shape index (κ3) is 8.63. The van der Waals surface area contributed by atoms with Gasteiger partial charge in [0.15, 0.2) is 0 Å². The second-order valence-electron chi connectivity index (χ2n) is 17.8. The van der Waals surface area contributed by atoms with E-state index >= 15 is 0 Å². The van der Waals surface area contributed by atoms with Crippen molar-refractivity contribution in [3.8, 4) is 11.1 Å². The monoisotopic (exact) mass is 854 g/mol. The molecule has 0 N–H and O–H groups in total. The summed E-state index contributed by atoms with van der Waals surface area (Å²) >= 11 is 1.64. The molecule has 0 spiro atoms. The first-order chi connectivity index (χ1) is 28.4. The molecule has 10 rings (SSSR count). The van der Waals surface area contributed by atoms with Crippen molar-refractivity contribution in [1.29, 1.82) is 0 Å². The average molecular weight is 856 g/mol. The zero-order chi connectivity index (χ0) is 41.3. The Bertz CT molecular complexity index is 2960. The second kappa shape index (κ2) is 16.8. The maximum atomic E-state index is 2.35. The first-order valence-electron chi connectivity index (χ1n) is 20.8. The van der Waals surface area contributed by atoms with Crippen LogP contribution in [0.3, 0.4) is 0 Å².